The van der Waals surface area contributed by atoms with Crippen LogP contribution in [-0.4, -0.2) is 24.4 Å². The van der Waals surface area contributed by atoms with E-state index < -0.39 is 0 Å². The van der Waals surface area contributed by atoms with E-state index in [2.05, 4.69) is 13.0 Å². The summed E-state index contributed by atoms with van der Waals surface area (Å²) in [6.45, 7) is 2.20. The third kappa shape index (κ3) is 7.29. The summed E-state index contributed by atoms with van der Waals surface area (Å²) >= 11 is 0. The van der Waals surface area contributed by atoms with Crippen molar-refractivity contribution in [2.45, 2.75) is 89.8 Å². The van der Waals surface area contributed by atoms with E-state index in [1.165, 1.54) is 19.3 Å². The Bertz CT molecular complexity index is 292. The average Bonchev–Trinajstić information content (AvgIpc) is 2.52. The molecule has 2 atom stereocenters. The quantitative estimate of drug-likeness (QED) is 0.606. The summed E-state index contributed by atoms with van der Waals surface area (Å²) in [5, 5.41) is 19.4. The average molecular weight is 295 g/mol. The van der Waals surface area contributed by atoms with Crippen molar-refractivity contribution in [1.29, 1.82) is 5.26 Å². The molecule has 1 aliphatic rings. The van der Waals surface area contributed by atoms with Crippen molar-refractivity contribution < 1.29 is 9.84 Å². The summed E-state index contributed by atoms with van der Waals surface area (Å²) < 4.78 is 5.39. The van der Waals surface area contributed by atoms with Gasteiger partial charge in [0.05, 0.1) is 18.3 Å². The fraction of sp³-hybridized carbons (Fsp3) is 0.944. The van der Waals surface area contributed by atoms with Gasteiger partial charge in [0.2, 0.25) is 0 Å². The zero-order chi connectivity index (χ0) is 15.5. The number of nitriles is 1. The lowest BCUT2D eigenvalue weighted by Crippen LogP contribution is -2.25. The van der Waals surface area contributed by atoms with Crippen LogP contribution in [0.15, 0.2) is 0 Å². The van der Waals surface area contributed by atoms with Gasteiger partial charge in [-0.05, 0) is 50.9 Å². The van der Waals surface area contributed by atoms with Crippen LogP contribution >= 0.6 is 0 Å². The van der Waals surface area contributed by atoms with Crippen molar-refractivity contribution in [2.75, 3.05) is 7.11 Å². The van der Waals surface area contributed by atoms with Gasteiger partial charge in [-0.1, -0.05) is 32.6 Å². The highest BCUT2D eigenvalue weighted by Crippen LogP contribution is 2.33. The molecule has 1 fully saturated rings. The Morgan fingerprint density at radius 2 is 1.81 bits per heavy atom. The number of nitrogens with zero attached hydrogens (tertiary/aromatic N) is 1. The molecule has 1 N–H and O–H groups in total. The maximum Gasteiger partial charge on any atom is 0.0658 e. The Morgan fingerprint density at radius 3 is 2.38 bits per heavy atom. The fourth-order valence-corrected chi connectivity index (χ4v) is 3.46. The number of aliphatic hydroxyl groups excluding tert-OH is 1. The van der Waals surface area contributed by atoms with Gasteiger partial charge in [-0.2, -0.15) is 5.26 Å². The number of hydrogen-bond acceptors (Lipinski definition) is 3. The van der Waals surface area contributed by atoms with Crippen LogP contribution in [0.4, 0.5) is 0 Å². The lowest BCUT2D eigenvalue weighted by atomic mass is 9.77. The first-order chi connectivity index (χ1) is 10.2. The molecule has 1 aliphatic carbocycles. The molecule has 3 heteroatoms. The van der Waals surface area contributed by atoms with Gasteiger partial charge in [-0.3, -0.25) is 0 Å². The van der Waals surface area contributed by atoms with Crippen LogP contribution < -0.4 is 0 Å². The van der Waals surface area contributed by atoms with Gasteiger partial charge in [0.25, 0.3) is 0 Å². The van der Waals surface area contributed by atoms with Crippen molar-refractivity contribution in [2.24, 2.45) is 11.8 Å². The maximum atomic E-state index is 10.0. The van der Waals surface area contributed by atoms with Crippen LogP contribution in [-0.2, 0) is 4.74 Å². The normalized spacial score (nSPS) is 25.2. The molecule has 122 valence electrons. The zero-order valence-corrected chi connectivity index (χ0v) is 13.9. The minimum Gasteiger partial charge on any atom is -0.393 e. The molecule has 3 nitrogen and oxygen atoms in total. The van der Waals surface area contributed by atoms with Crippen LogP contribution in [0.1, 0.15) is 77.6 Å². The molecule has 0 aromatic heterocycles. The third-order valence-electron chi connectivity index (χ3n) is 4.99. The molecule has 2 unspecified atom stereocenters. The second-order valence-electron chi connectivity index (χ2n) is 6.59. The van der Waals surface area contributed by atoms with Gasteiger partial charge >= 0.3 is 0 Å². The fourth-order valence-electron chi connectivity index (χ4n) is 3.46. The minimum atomic E-state index is -0.215. The second-order valence-corrected chi connectivity index (χ2v) is 6.59. The summed E-state index contributed by atoms with van der Waals surface area (Å²) in [4.78, 5) is 0. The van der Waals surface area contributed by atoms with E-state index in [9.17, 15) is 10.4 Å². The van der Waals surface area contributed by atoms with Gasteiger partial charge in [0.15, 0.2) is 0 Å². The summed E-state index contributed by atoms with van der Waals surface area (Å²) in [5.41, 5.74) is 0. The number of methoxy groups -OCH3 is 1. The van der Waals surface area contributed by atoms with Gasteiger partial charge in [0.1, 0.15) is 0 Å². The lowest BCUT2D eigenvalue weighted by Gasteiger charge is -2.30. The molecule has 1 rings (SSSR count). The van der Waals surface area contributed by atoms with Crippen LogP contribution in [0.5, 0.6) is 0 Å². The molecule has 0 saturated heterocycles. The standard InChI is InChI=1S/C18H33NO2/c1-3-4-5-6-7-17(20)11-8-16(14-19)15-9-12-18(21-2)13-10-15/h15-18,20H,3-13H2,1-2H3/t15-,16?,17?,18-. The highest BCUT2D eigenvalue weighted by molar-refractivity contribution is 4.91. The van der Waals surface area contributed by atoms with Crippen molar-refractivity contribution >= 4 is 0 Å². The topological polar surface area (TPSA) is 53.2 Å². The molecule has 0 aromatic rings. The predicted molar refractivity (Wildman–Crippen MR) is 85.9 cm³/mol. The van der Waals surface area contributed by atoms with Gasteiger partial charge in [-0.25, -0.2) is 0 Å². The molecular weight excluding hydrogens is 262 g/mol. The van der Waals surface area contributed by atoms with Crippen LogP contribution in [0.3, 0.4) is 0 Å². The monoisotopic (exact) mass is 295 g/mol. The Balaban J connectivity index is 2.20. The number of unbranched alkanes of at least 4 members (excludes halogenated alkanes) is 3. The zero-order valence-electron chi connectivity index (χ0n) is 13.9. The van der Waals surface area contributed by atoms with Gasteiger partial charge < -0.3 is 9.84 Å². The number of rotatable bonds is 10. The highest BCUT2D eigenvalue weighted by Gasteiger charge is 2.27. The van der Waals surface area contributed by atoms with Gasteiger partial charge in [-0.15, -0.1) is 0 Å². The Labute approximate surface area is 130 Å². The Kier molecular flexibility index (Phi) is 9.70. The Hall–Kier alpha value is -0.590. The smallest absolute Gasteiger partial charge is 0.0658 e. The predicted octanol–water partition coefficient (Wildman–Crippen LogP) is 4.44. The number of ether oxygens (including phenoxy) is 1. The molecule has 0 spiro atoms. The van der Waals surface area contributed by atoms with Gasteiger partial charge in [0, 0.05) is 13.0 Å². The van der Waals surface area contributed by atoms with E-state index in [1.54, 1.807) is 7.11 Å². The lowest BCUT2D eigenvalue weighted by molar-refractivity contribution is 0.0483. The van der Waals surface area contributed by atoms with E-state index in [4.69, 9.17) is 4.74 Å². The maximum absolute atomic E-state index is 10.0. The van der Waals surface area contributed by atoms with E-state index in [0.29, 0.717) is 12.0 Å². The molecule has 0 amide bonds. The molecule has 0 bridgehead atoms. The number of hydrogen-bond donors (Lipinski definition) is 1. The number of aliphatic hydroxyl groups is 1. The summed E-state index contributed by atoms with van der Waals surface area (Å²) in [6, 6.07) is 2.48. The highest BCUT2D eigenvalue weighted by atomic mass is 16.5. The summed E-state index contributed by atoms with van der Waals surface area (Å²) in [6.07, 6.45) is 11.9. The first kappa shape index (κ1) is 18.5. The first-order valence-corrected chi connectivity index (χ1v) is 8.81. The van der Waals surface area contributed by atoms with Crippen LogP contribution in [0.2, 0.25) is 0 Å². The van der Waals surface area contributed by atoms with Crippen molar-refractivity contribution in [3.63, 3.8) is 0 Å². The molecule has 0 aliphatic heterocycles. The van der Waals surface area contributed by atoms with Crippen molar-refractivity contribution in [3.05, 3.63) is 0 Å². The third-order valence-corrected chi connectivity index (χ3v) is 4.99. The summed E-state index contributed by atoms with van der Waals surface area (Å²) in [7, 11) is 1.78. The Morgan fingerprint density at radius 1 is 1.10 bits per heavy atom. The molecule has 0 aromatic carbocycles. The van der Waals surface area contributed by atoms with E-state index >= 15 is 0 Å². The van der Waals surface area contributed by atoms with Crippen LogP contribution in [0.25, 0.3) is 0 Å². The van der Waals surface area contributed by atoms with Crippen molar-refractivity contribution in [3.8, 4) is 6.07 Å². The molecule has 1 saturated carbocycles. The minimum absolute atomic E-state index is 0.119. The van der Waals surface area contributed by atoms with E-state index in [-0.39, 0.29) is 12.0 Å². The van der Waals surface area contributed by atoms with E-state index in [0.717, 1.165) is 51.4 Å². The van der Waals surface area contributed by atoms with Crippen LogP contribution in [0, 0.1) is 23.2 Å². The molecule has 21 heavy (non-hydrogen) atoms. The molecule has 0 heterocycles. The summed E-state index contributed by atoms with van der Waals surface area (Å²) in [5.74, 6) is 0.627. The SMILES string of the molecule is CCCCCCC(O)CCC(C#N)[C@H]1CC[C@H](OC)CC1. The van der Waals surface area contributed by atoms with E-state index in [1.807, 2.05) is 0 Å². The molecule has 0 radical (unpaired) electrons. The molecular formula is C18H33NO2. The first-order valence-electron chi connectivity index (χ1n) is 8.81. The van der Waals surface area contributed by atoms with Crippen molar-refractivity contribution in [1.82, 2.24) is 0 Å². The second kappa shape index (κ2) is 11.0. The largest absolute Gasteiger partial charge is 0.393 e.